The summed E-state index contributed by atoms with van der Waals surface area (Å²) < 4.78 is 15.8. The highest BCUT2D eigenvalue weighted by molar-refractivity contribution is 6.33. The summed E-state index contributed by atoms with van der Waals surface area (Å²) in [4.78, 5) is 21.5. The number of esters is 1. The van der Waals surface area contributed by atoms with Crippen molar-refractivity contribution in [2.75, 3.05) is 13.3 Å². The molecule has 3 nitrogen and oxygen atoms in total. The lowest BCUT2D eigenvalue weighted by atomic mass is 10.2. The van der Waals surface area contributed by atoms with Crippen molar-refractivity contribution in [3.8, 4) is 0 Å². The number of ether oxygens (including phenoxy) is 1. The van der Waals surface area contributed by atoms with Gasteiger partial charge in [-0.3, -0.25) is 4.79 Å². The van der Waals surface area contributed by atoms with Crippen LogP contribution >= 0.6 is 0 Å². The van der Waals surface area contributed by atoms with Crippen LogP contribution in [0.5, 0.6) is 0 Å². The van der Waals surface area contributed by atoms with Gasteiger partial charge in [0.1, 0.15) is 13.3 Å². The minimum absolute atomic E-state index is 0.196. The molecule has 0 aliphatic heterocycles. The lowest BCUT2D eigenvalue weighted by Gasteiger charge is -1.99. The quantitative estimate of drug-likeness (QED) is 0.452. The van der Waals surface area contributed by atoms with Crippen LogP contribution in [-0.2, 0) is 14.3 Å². The Balaban J connectivity index is 3.55. The molecular weight excluding hydrogens is 163 g/mol. The van der Waals surface area contributed by atoms with Gasteiger partial charge in [0.2, 0.25) is 5.78 Å². The molecule has 0 spiro atoms. The number of Topliss-reactive ketones (excluding diaryl/α,β-unsaturated/α-hetero) is 1. The van der Waals surface area contributed by atoms with E-state index in [2.05, 4.69) is 4.74 Å². The third-order valence-electron chi connectivity index (χ3n) is 1.30. The van der Waals surface area contributed by atoms with Crippen LogP contribution in [0.4, 0.5) is 4.39 Å². The van der Waals surface area contributed by atoms with E-state index in [9.17, 15) is 14.0 Å². The van der Waals surface area contributed by atoms with Crippen LogP contribution in [0, 0.1) is 0 Å². The Bertz CT molecular complexity index is 138. The van der Waals surface area contributed by atoms with Gasteiger partial charge in [0.05, 0.1) is 0 Å². The minimum atomic E-state index is -0.916. The fraction of sp³-hybridized carbons (Fsp3) is 0.750. The third kappa shape index (κ3) is 4.82. The third-order valence-corrected chi connectivity index (χ3v) is 1.30. The first-order valence-corrected chi connectivity index (χ1v) is 3.98. The molecule has 0 fully saturated rings. The average Bonchev–Trinajstić information content (AvgIpc) is 2.10. The van der Waals surface area contributed by atoms with E-state index in [-0.39, 0.29) is 13.0 Å². The summed E-state index contributed by atoms with van der Waals surface area (Å²) in [6, 6.07) is 0. The molecule has 0 aliphatic carbocycles. The Labute approximate surface area is 70.9 Å². The SMILES string of the molecule is CCCCC(=O)C(=O)OCCF. The topological polar surface area (TPSA) is 43.4 Å². The number of ketones is 1. The monoisotopic (exact) mass is 176 g/mol. The highest BCUT2D eigenvalue weighted by atomic mass is 19.1. The lowest BCUT2D eigenvalue weighted by molar-refractivity contribution is -0.154. The van der Waals surface area contributed by atoms with Gasteiger partial charge in [0.15, 0.2) is 0 Å². The predicted octanol–water partition coefficient (Wildman–Crippen LogP) is 1.26. The Morgan fingerprint density at radius 3 is 2.58 bits per heavy atom. The fourth-order valence-corrected chi connectivity index (χ4v) is 0.651. The number of alkyl halides is 1. The molecule has 70 valence electrons. The molecule has 0 aromatic heterocycles. The molecule has 0 aromatic rings. The first-order valence-electron chi connectivity index (χ1n) is 3.98. The van der Waals surface area contributed by atoms with Crippen LogP contribution in [-0.4, -0.2) is 25.0 Å². The standard InChI is InChI=1S/C8H13FO3/c1-2-3-4-7(10)8(11)12-6-5-9/h2-6H2,1H3. The van der Waals surface area contributed by atoms with Crippen LogP contribution in [0.3, 0.4) is 0 Å². The Morgan fingerprint density at radius 2 is 2.08 bits per heavy atom. The number of halogens is 1. The zero-order valence-electron chi connectivity index (χ0n) is 7.14. The fourth-order valence-electron chi connectivity index (χ4n) is 0.651. The highest BCUT2D eigenvalue weighted by Gasteiger charge is 2.13. The van der Waals surface area contributed by atoms with Crippen molar-refractivity contribution in [3.63, 3.8) is 0 Å². The molecule has 0 atom stereocenters. The second-order valence-electron chi connectivity index (χ2n) is 2.35. The Hall–Kier alpha value is -0.930. The molecule has 0 heterocycles. The average molecular weight is 176 g/mol. The first-order chi connectivity index (χ1) is 5.72. The summed E-state index contributed by atoms with van der Waals surface area (Å²) in [6.07, 6.45) is 1.72. The van der Waals surface area contributed by atoms with Gasteiger partial charge in [-0.1, -0.05) is 13.3 Å². The maximum absolute atomic E-state index is 11.5. The molecule has 4 heteroatoms. The van der Waals surface area contributed by atoms with Gasteiger partial charge in [-0.2, -0.15) is 0 Å². The molecule has 0 saturated carbocycles. The molecule has 0 unspecified atom stereocenters. The smallest absolute Gasteiger partial charge is 0.374 e. The van der Waals surface area contributed by atoms with Gasteiger partial charge in [-0.25, -0.2) is 9.18 Å². The van der Waals surface area contributed by atoms with Gasteiger partial charge >= 0.3 is 5.97 Å². The molecule has 12 heavy (non-hydrogen) atoms. The Kier molecular flexibility index (Phi) is 6.24. The van der Waals surface area contributed by atoms with E-state index in [0.717, 1.165) is 6.42 Å². The Morgan fingerprint density at radius 1 is 1.42 bits per heavy atom. The maximum Gasteiger partial charge on any atom is 0.374 e. The summed E-state index contributed by atoms with van der Waals surface area (Å²) in [7, 11) is 0. The predicted molar refractivity (Wildman–Crippen MR) is 41.5 cm³/mol. The highest BCUT2D eigenvalue weighted by Crippen LogP contribution is 1.96. The summed E-state index contributed by atoms with van der Waals surface area (Å²) in [5, 5.41) is 0. The van der Waals surface area contributed by atoms with Gasteiger partial charge in [-0.05, 0) is 6.42 Å². The van der Waals surface area contributed by atoms with Gasteiger partial charge in [0.25, 0.3) is 0 Å². The zero-order chi connectivity index (χ0) is 9.40. The van der Waals surface area contributed by atoms with E-state index in [1.165, 1.54) is 0 Å². The zero-order valence-corrected chi connectivity index (χ0v) is 7.14. The van der Waals surface area contributed by atoms with E-state index < -0.39 is 18.4 Å². The van der Waals surface area contributed by atoms with Crippen LogP contribution in [0.1, 0.15) is 26.2 Å². The summed E-state index contributed by atoms with van der Waals surface area (Å²) >= 11 is 0. The van der Waals surface area contributed by atoms with E-state index in [1.54, 1.807) is 0 Å². The van der Waals surface area contributed by atoms with Crippen LogP contribution in [0.15, 0.2) is 0 Å². The maximum atomic E-state index is 11.5. The lowest BCUT2D eigenvalue weighted by Crippen LogP contribution is -2.18. The van der Waals surface area contributed by atoms with Crippen molar-refractivity contribution in [1.29, 1.82) is 0 Å². The second kappa shape index (κ2) is 6.76. The number of hydrogen-bond acceptors (Lipinski definition) is 3. The number of hydrogen-bond donors (Lipinski definition) is 0. The van der Waals surface area contributed by atoms with Crippen LogP contribution in [0.2, 0.25) is 0 Å². The summed E-state index contributed by atoms with van der Waals surface area (Å²) in [6.45, 7) is 0.851. The van der Waals surface area contributed by atoms with Crippen LogP contribution in [0.25, 0.3) is 0 Å². The summed E-state index contributed by atoms with van der Waals surface area (Å²) in [5.41, 5.74) is 0. The van der Waals surface area contributed by atoms with Crippen molar-refractivity contribution in [2.24, 2.45) is 0 Å². The molecular formula is C8H13FO3. The van der Waals surface area contributed by atoms with Gasteiger partial charge in [-0.15, -0.1) is 0 Å². The van der Waals surface area contributed by atoms with Crippen molar-refractivity contribution in [2.45, 2.75) is 26.2 Å². The molecule has 0 rings (SSSR count). The van der Waals surface area contributed by atoms with Crippen molar-refractivity contribution >= 4 is 11.8 Å². The molecule has 0 aromatic carbocycles. The van der Waals surface area contributed by atoms with Gasteiger partial charge < -0.3 is 4.74 Å². The second-order valence-corrected chi connectivity index (χ2v) is 2.35. The summed E-state index contributed by atoms with van der Waals surface area (Å²) in [5.74, 6) is -1.48. The number of carbonyl (C=O) groups is 2. The van der Waals surface area contributed by atoms with E-state index in [0.29, 0.717) is 6.42 Å². The molecule has 0 bridgehead atoms. The van der Waals surface area contributed by atoms with E-state index >= 15 is 0 Å². The minimum Gasteiger partial charge on any atom is -0.457 e. The number of carbonyl (C=O) groups excluding carboxylic acids is 2. The van der Waals surface area contributed by atoms with E-state index in [4.69, 9.17) is 0 Å². The molecule has 0 aliphatic rings. The van der Waals surface area contributed by atoms with Crippen molar-refractivity contribution in [3.05, 3.63) is 0 Å². The molecule has 0 saturated heterocycles. The van der Waals surface area contributed by atoms with Crippen LogP contribution < -0.4 is 0 Å². The normalized spacial score (nSPS) is 9.50. The number of rotatable bonds is 6. The van der Waals surface area contributed by atoms with Crippen molar-refractivity contribution in [1.82, 2.24) is 0 Å². The molecule has 0 radical (unpaired) electrons. The largest absolute Gasteiger partial charge is 0.457 e. The first kappa shape index (κ1) is 11.1. The number of unbranched alkanes of at least 4 members (excludes halogenated alkanes) is 1. The van der Waals surface area contributed by atoms with E-state index in [1.807, 2.05) is 6.92 Å². The van der Waals surface area contributed by atoms with Gasteiger partial charge in [0, 0.05) is 6.42 Å². The molecule has 0 N–H and O–H groups in total. The molecule has 0 amide bonds. The van der Waals surface area contributed by atoms with Crippen molar-refractivity contribution < 1.29 is 18.7 Å².